The Labute approximate surface area is 112 Å². The van der Waals surface area contributed by atoms with Crippen LogP contribution in [0.25, 0.3) is 11.2 Å². The number of fused-ring (bicyclic) bond motifs is 1. The standard InChI is InChI=1S/C9H14N5O5P/c1-2-5(20(16,17)18)19-4-14-8(15)6-7(12-3-11-6)13-9(14)10/h3,5H,2,4H2,1H3,(H2,10,13)(H,11,12)(H2,16,17,18). The number of nitrogen functional groups attached to an aromatic ring is 1. The number of nitrogens with zero attached hydrogens (tertiary/aromatic N) is 3. The zero-order valence-corrected chi connectivity index (χ0v) is 11.4. The molecule has 1 unspecified atom stereocenters. The Balaban J connectivity index is 2.30. The summed E-state index contributed by atoms with van der Waals surface area (Å²) in [5.41, 5.74) is 5.40. The molecule has 2 rings (SSSR count). The minimum atomic E-state index is -4.40. The van der Waals surface area contributed by atoms with Crippen molar-refractivity contribution in [3.8, 4) is 0 Å². The maximum Gasteiger partial charge on any atom is 0.354 e. The molecule has 11 heteroatoms. The topological polar surface area (TPSA) is 156 Å². The molecule has 0 aromatic carbocycles. The maximum absolute atomic E-state index is 12.1. The molecule has 0 radical (unpaired) electrons. The van der Waals surface area contributed by atoms with Crippen molar-refractivity contribution in [2.75, 3.05) is 5.73 Å². The maximum atomic E-state index is 12.1. The Bertz CT molecular complexity index is 719. The van der Waals surface area contributed by atoms with E-state index >= 15 is 0 Å². The number of nitrogens with two attached hydrogens (primary N) is 1. The quantitative estimate of drug-likeness (QED) is 0.543. The van der Waals surface area contributed by atoms with Gasteiger partial charge >= 0.3 is 7.60 Å². The van der Waals surface area contributed by atoms with Crippen molar-refractivity contribution < 1.29 is 19.1 Å². The Morgan fingerprint density at radius 2 is 2.30 bits per heavy atom. The third kappa shape index (κ3) is 2.73. The molecule has 0 amide bonds. The molecular formula is C9H14N5O5P. The van der Waals surface area contributed by atoms with Crippen LogP contribution in [0.5, 0.6) is 0 Å². The van der Waals surface area contributed by atoms with E-state index in [0.717, 1.165) is 4.57 Å². The highest BCUT2D eigenvalue weighted by molar-refractivity contribution is 7.52. The molecule has 0 aliphatic heterocycles. The Hall–Kier alpha value is -1.74. The number of H-pyrrole nitrogens is 1. The fourth-order valence-electron chi connectivity index (χ4n) is 1.68. The van der Waals surface area contributed by atoms with Crippen LogP contribution in [0.4, 0.5) is 5.95 Å². The molecule has 0 bridgehead atoms. The van der Waals surface area contributed by atoms with Crippen molar-refractivity contribution in [2.45, 2.75) is 25.9 Å². The lowest BCUT2D eigenvalue weighted by Gasteiger charge is -2.18. The van der Waals surface area contributed by atoms with E-state index in [0.29, 0.717) is 0 Å². The third-order valence-electron chi connectivity index (χ3n) is 2.70. The minimum Gasteiger partial charge on any atom is -0.369 e. The summed E-state index contributed by atoms with van der Waals surface area (Å²) < 4.78 is 17.2. The average molecular weight is 303 g/mol. The minimum absolute atomic E-state index is 0.0959. The van der Waals surface area contributed by atoms with Crippen molar-refractivity contribution in [3.05, 3.63) is 16.7 Å². The monoisotopic (exact) mass is 303 g/mol. The highest BCUT2D eigenvalue weighted by atomic mass is 31.2. The number of hydrogen-bond acceptors (Lipinski definition) is 6. The van der Waals surface area contributed by atoms with E-state index in [-0.39, 0.29) is 23.5 Å². The lowest BCUT2D eigenvalue weighted by Crippen LogP contribution is -2.27. The Morgan fingerprint density at radius 1 is 1.60 bits per heavy atom. The highest BCUT2D eigenvalue weighted by Gasteiger charge is 2.28. The normalized spacial score (nSPS) is 13.8. The summed E-state index contributed by atoms with van der Waals surface area (Å²) in [6.07, 6.45) is 1.40. The van der Waals surface area contributed by atoms with Crippen LogP contribution in [-0.2, 0) is 16.0 Å². The molecule has 1 atom stereocenters. The molecule has 0 saturated carbocycles. The molecule has 0 aliphatic carbocycles. The summed E-state index contributed by atoms with van der Waals surface area (Å²) in [6, 6.07) is 0. The number of nitrogens with one attached hydrogen (secondary N) is 1. The van der Waals surface area contributed by atoms with Gasteiger partial charge in [-0.15, -0.1) is 0 Å². The van der Waals surface area contributed by atoms with Crippen LogP contribution in [0, 0.1) is 0 Å². The number of aromatic amines is 1. The summed E-state index contributed by atoms with van der Waals surface area (Å²) in [5, 5.41) is 0. The van der Waals surface area contributed by atoms with Crippen LogP contribution < -0.4 is 11.3 Å². The van der Waals surface area contributed by atoms with Crippen molar-refractivity contribution in [1.82, 2.24) is 19.5 Å². The second-order valence-electron chi connectivity index (χ2n) is 4.05. The molecular weight excluding hydrogens is 289 g/mol. The number of anilines is 1. The SMILES string of the molecule is CCC(OCn1c(N)nc2nc[nH]c2c1=O)P(=O)(O)O. The van der Waals surface area contributed by atoms with Crippen LogP contribution in [0.1, 0.15) is 13.3 Å². The van der Waals surface area contributed by atoms with Crippen LogP contribution in [-0.4, -0.2) is 35.2 Å². The Kier molecular flexibility index (Phi) is 3.91. The van der Waals surface area contributed by atoms with E-state index in [1.807, 2.05) is 0 Å². The number of imidazole rings is 1. The fourth-order valence-corrected chi connectivity index (χ4v) is 2.41. The molecule has 0 fully saturated rings. The van der Waals surface area contributed by atoms with Gasteiger partial charge in [-0.3, -0.25) is 13.9 Å². The smallest absolute Gasteiger partial charge is 0.354 e. The zero-order valence-electron chi connectivity index (χ0n) is 10.6. The van der Waals surface area contributed by atoms with Crippen LogP contribution in [0.2, 0.25) is 0 Å². The molecule has 20 heavy (non-hydrogen) atoms. The first-order valence-electron chi connectivity index (χ1n) is 5.70. The first-order chi connectivity index (χ1) is 9.34. The molecule has 2 aromatic heterocycles. The van der Waals surface area contributed by atoms with Gasteiger partial charge in [-0.1, -0.05) is 6.92 Å². The summed E-state index contributed by atoms with van der Waals surface area (Å²) in [6.45, 7) is 1.16. The molecule has 10 nitrogen and oxygen atoms in total. The van der Waals surface area contributed by atoms with E-state index in [2.05, 4.69) is 15.0 Å². The van der Waals surface area contributed by atoms with Crippen molar-refractivity contribution >= 4 is 24.7 Å². The lowest BCUT2D eigenvalue weighted by atomic mass is 10.5. The number of aromatic nitrogens is 4. The summed E-state index contributed by atoms with van der Waals surface area (Å²) in [4.78, 5) is 40.5. The van der Waals surface area contributed by atoms with Gasteiger partial charge < -0.3 is 25.2 Å². The fraction of sp³-hybridized carbons (Fsp3) is 0.444. The van der Waals surface area contributed by atoms with Gasteiger partial charge in [0.1, 0.15) is 6.73 Å². The first-order valence-corrected chi connectivity index (χ1v) is 7.39. The molecule has 0 aliphatic rings. The van der Waals surface area contributed by atoms with Crippen LogP contribution in [0.15, 0.2) is 11.1 Å². The third-order valence-corrected chi connectivity index (χ3v) is 3.96. The second kappa shape index (κ2) is 5.33. The molecule has 5 N–H and O–H groups in total. The van der Waals surface area contributed by atoms with Crippen LogP contribution >= 0.6 is 7.60 Å². The molecule has 0 spiro atoms. The van der Waals surface area contributed by atoms with Crippen molar-refractivity contribution in [2.24, 2.45) is 0 Å². The summed E-state index contributed by atoms with van der Waals surface area (Å²) in [5.74, 6) is -1.44. The lowest BCUT2D eigenvalue weighted by molar-refractivity contribution is 0.0349. The summed E-state index contributed by atoms with van der Waals surface area (Å²) in [7, 11) is -4.40. The van der Waals surface area contributed by atoms with E-state index in [1.54, 1.807) is 6.92 Å². The average Bonchev–Trinajstić information content (AvgIpc) is 2.80. The Morgan fingerprint density at radius 3 is 2.90 bits per heavy atom. The van der Waals surface area contributed by atoms with E-state index in [9.17, 15) is 9.36 Å². The van der Waals surface area contributed by atoms with E-state index in [4.69, 9.17) is 20.3 Å². The zero-order chi connectivity index (χ0) is 14.9. The van der Waals surface area contributed by atoms with E-state index in [1.165, 1.54) is 6.33 Å². The molecule has 0 saturated heterocycles. The molecule has 110 valence electrons. The van der Waals surface area contributed by atoms with Gasteiger partial charge in [0.05, 0.1) is 6.33 Å². The highest BCUT2D eigenvalue weighted by Crippen LogP contribution is 2.43. The second-order valence-corrected chi connectivity index (χ2v) is 5.81. The molecule has 2 aromatic rings. The number of rotatable bonds is 5. The van der Waals surface area contributed by atoms with Gasteiger partial charge in [0.15, 0.2) is 17.0 Å². The van der Waals surface area contributed by atoms with E-state index < -0.39 is 25.7 Å². The van der Waals surface area contributed by atoms with Crippen LogP contribution in [0.3, 0.4) is 0 Å². The predicted octanol–water partition coefficient (Wildman–Crippen LogP) is -0.410. The molecule has 2 heterocycles. The largest absolute Gasteiger partial charge is 0.369 e. The van der Waals surface area contributed by atoms with Crippen molar-refractivity contribution in [3.63, 3.8) is 0 Å². The predicted molar refractivity (Wildman–Crippen MR) is 69.8 cm³/mol. The van der Waals surface area contributed by atoms with Gasteiger partial charge in [-0.2, -0.15) is 4.98 Å². The summed E-state index contributed by atoms with van der Waals surface area (Å²) >= 11 is 0. The first kappa shape index (κ1) is 14.7. The number of ether oxygens (including phenoxy) is 1. The van der Waals surface area contributed by atoms with Crippen molar-refractivity contribution in [1.29, 1.82) is 0 Å². The number of hydrogen-bond donors (Lipinski definition) is 4. The van der Waals surface area contributed by atoms with Gasteiger partial charge in [0.25, 0.3) is 5.56 Å². The van der Waals surface area contributed by atoms with Gasteiger partial charge in [-0.05, 0) is 6.42 Å². The van der Waals surface area contributed by atoms with Gasteiger partial charge in [-0.25, -0.2) is 4.98 Å². The van der Waals surface area contributed by atoms with Gasteiger partial charge in [0, 0.05) is 0 Å². The van der Waals surface area contributed by atoms with Gasteiger partial charge in [0.2, 0.25) is 5.95 Å².